The number of morpholine rings is 1. The van der Waals surface area contributed by atoms with Crippen LogP contribution in [0, 0.1) is 6.92 Å². The number of fused-ring (bicyclic) bond motifs is 1. The van der Waals surface area contributed by atoms with Crippen LogP contribution in [0.1, 0.15) is 21.5 Å². The summed E-state index contributed by atoms with van der Waals surface area (Å²) in [6, 6.07) is 12.5. The zero-order valence-corrected chi connectivity index (χ0v) is 21.3. The Bertz CT molecular complexity index is 1470. The first-order valence-electron chi connectivity index (χ1n) is 11.9. The number of ether oxygens (including phenoxy) is 1. The van der Waals surface area contributed by atoms with Crippen molar-refractivity contribution < 1.29 is 24.2 Å². The third-order valence-electron chi connectivity index (χ3n) is 6.45. The number of amidine groups is 1. The predicted molar refractivity (Wildman–Crippen MR) is 143 cm³/mol. The van der Waals surface area contributed by atoms with Gasteiger partial charge in [0.2, 0.25) is 5.91 Å². The number of hydrogen-bond donors (Lipinski definition) is 1. The average molecular weight is 519 g/mol. The molecule has 5 rings (SSSR count). The Morgan fingerprint density at radius 1 is 1.16 bits per heavy atom. The van der Waals surface area contributed by atoms with Crippen molar-refractivity contribution in [2.24, 2.45) is 4.99 Å². The molecule has 1 N–H and O–H groups in total. The number of carbonyl (C=O) groups excluding carboxylic acids is 2. The van der Waals surface area contributed by atoms with Crippen LogP contribution in [0.2, 0.25) is 0 Å². The van der Waals surface area contributed by atoms with Crippen molar-refractivity contribution in [1.82, 2.24) is 14.4 Å². The van der Waals surface area contributed by atoms with Gasteiger partial charge in [0.15, 0.2) is 5.17 Å². The number of aromatic nitrogens is 1. The molecule has 37 heavy (non-hydrogen) atoms. The fourth-order valence-electron chi connectivity index (χ4n) is 4.34. The van der Waals surface area contributed by atoms with Gasteiger partial charge in [-0.2, -0.15) is 0 Å². The molecule has 190 valence electrons. The van der Waals surface area contributed by atoms with Gasteiger partial charge in [0.25, 0.3) is 5.91 Å². The number of aromatic carboxylic acids is 1. The molecule has 0 aliphatic carbocycles. The number of hydrogen-bond acceptors (Lipinski definition) is 6. The molecule has 2 fully saturated rings. The molecule has 2 aliphatic rings. The van der Waals surface area contributed by atoms with Crippen LogP contribution in [-0.2, 0) is 20.9 Å². The maximum absolute atomic E-state index is 13.1. The molecule has 9 nitrogen and oxygen atoms in total. The Hall–Kier alpha value is -3.89. The summed E-state index contributed by atoms with van der Waals surface area (Å²) in [5, 5.41) is 10.7. The molecule has 0 atom stereocenters. The van der Waals surface area contributed by atoms with Crippen molar-refractivity contribution in [1.29, 1.82) is 0 Å². The van der Waals surface area contributed by atoms with E-state index >= 15 is 0 Å². The second-order valence-electron chi connectivity index (χ2n) is 8.90. The zero-order chi connectivity index (χ0) is 26.1. The highest BCUT2D eigenvalue weighted by atomic mass is 32.2. The van der Waals surface area contributed by atoms with E-state index in [-0.39, 0.29) is 23.9 Å². The smallest absolute Gasteiger partial charge is 0.335 e. The fraction of sp³-hybridized carbons (Fsp3) is 0.259. The number of carboxylic acids is 1. The Balaban J connectivity index is 1.45. The number of thioether (sulfide) groups is 1. The van der Waals surface area contributed by atoms with Crippen molar-refractivity contribution in [3.63, 3.8) is 0 Å². The van der Waals surface area contributed by atoms with Crippen LogP contribution in [0.25, 0.3) is 17.0 Å². The summed E-state index contributed by atoms with van der Waals surface area (Å²) < 4.78 is 7.27. The van der Waals surface area contributed by atoms with Gasteiger partial charge < -0.3 is 19.3 Å². The van der Waals surface area contributed by atoms with Gasteiger partial charge in [-0.05, 0) is 48.5 Å². The summed E-state index contributed by atoms with van der Waals surface area (Å²) in [5.74, 6) is -1.20. The van der Waals surface area contributed by atoms with E-state index in [0.717, 1.165) is 22.0 Å². The summed E-state index contributed by atoms with van der Waals surface area (Å²) in [7, 11) is 1.65. The van der Waals surface area contributed by atoms with Crippen molar-refractivity contribution in [3.8, 4) is 0 Å². The third kappa shape index (κ3) is 5.03. The highest BCUT2D eigenvalue weighted by molar-refractivity contribution is 8.18. The lowest BCUT2D eigenvalue weighted by atomic mass is 10.1. The monoisotopic (exact) mass is 518 g/mol. The normalized spacial score (nSPS) is 18.4. The Morgan fingerprint density at radius 3 is 2.68 bits per heavy atom. The van der Waals surface area contributed by atoms with Gasteiger partial charge in [0.05, 0.1) is 29.4 Å². The van der Waals surface area contributed by atoms with Gasteiger partial charge in [-0.3, -0.25) is 14.5 Å². The number of para-hydroxylation sites is 1. The molecule has 0 bridgehead atoms. The Morgan fingerprint density at radius 2 is 1.92 bits per heavy atom. The lowest BCUT2D eigenvalue weighted by Crippen LogP contribution is -2.42. The summed E-state index contributed by atoms with van der Waals surface area (Å²) in [6.45, 7) is 4.32. The second kappa shape index (κ2) is 10.2. The SMILES string of the molecule is Cc1ccc(C(=O)O)cc1N=C1S/C(=C\c2cn(CC(=O)N3CCOCC3)c3ccccc23)C(=O)N1C. The maximum atomic E-state index is 13.1. The second-order valence-corrected chi connectivity index (χ2v) is 9.91. The number of likely N-dealkylation sites (N-methyl/N-ethyl adjacent to an activating group) is 1. The van der Waals surface area contributed by atoms with Gasteiger partial charge in [0.1, 0.15) is 6.54 Å². The van der Waals surface area contributed by atoms with Gasteiger partial charge in [-0.1, -0.05) is 24.3 Å². The predicted octanol–water partition coefficient (Wildman–Crippen LogP) is 3.74. The van der Waals surface area contributed by atoms with Crippen molar-refractivity contribution in [2.45, 2.75) is 13.5 Å². The van der Waals surface area contributed by atoms with E-state index in [1.807, 2.05) is 52.9 Å². The minimum atomic E-state index is -1.03. The summed E-state index contributed by atoms with van der Waals surface area (Å²) >= 11 is 1.24. The topological polar surface area (TPSA) is 104 Å². The summed E-state index contributed by atoms with van der Waals surface area (Å²) in [4.78, 5) is 45.7. The molecule has 1 aromatic heterocycles. The first-order valence-corrected chi connectivity index (χ1v) is 12.7. The molecule has 2 aromatic carbocycles. The van der Waals surface area contributed by atoms with E-state index in [1.165, 1.54) is 28.8 Å². The molecule has 10 heteroatoms. The van der Waals surface area contributed by atoms with E-state index in [4.69, 9.17) is 4.74 Å². The van der Waals surface area contributed by atoms with Crippen molar-refractivity contribution in [3.05, 3.63) is 70.3 Å². The number of aryl methyl sites for hydroxylation is 1. The first kappa shape index (κ1) is 24.8. The summed E-state index contributed by atoms with van der Waals surface area (Å²) in [5.41, 5.74) is 3.19. The number of carbonyl (C=O) groups is 3. The fourth-order valence-corrected chi connectivity index (χ4v) is 5.31. The van der Waals surface area contributed by atoms with Crippen molar-refractivity contribution >= 4 is 57.4 Å². The van der Waals surface area contributed by atoms with E-state index in [0.29, 0.717) is 42.1 Å². The van der Waals surface area contributed by atoms with Crippen LogP contribution in [-0.4, -0.2) is 75.8 Å². The Kier molecular flexibility index (Phi) is 6.86. The molecule has 2 amide bonds. The molecule has 2 aliphatic heterocycles. The molecule has 3 heterocycles. The lowest BCUT2D eigenvalue weighted by Gasteiger charge is -2.27. The van der Waals surface area contributed by atoms with Crippen LogP contribution in [0.3, 0.4) is 0 Å². The number of rotatable bonds is 5. The van der Waals surface area contributed by atoms with E-state index in [1.54, 1.807) is 13.1 Å². The van der Waals surface area contributed by atoms with Crippen LogP contribution in [0.5, 0.6) is 0 Å². The molecule has 3 aromatic rings. The van der Waals surface area contributed by atoms with Crippen LogP contribution >= 0.6 is 11.8 Å². The van der Waals surface area contributed by atoms with E-state index < -0.39 is 5.97 Å². The molecular weight excluding hydrogens is 492 g/mol. The lowest BCUT2D eigenvalue weighted by molar-refractivity contribution is -0.135. The van der Waals surface area contributed by atoms with Crippen LogP contribution in [0.4, 0.5) is 5.69 Å². The number of amides is 2. The molecule has 0 spiro atoms. The van der Waals surface area contributed by atoms with Gasteiger partial charge >= 0.3 is 5.97 Å². The Labute approximate surface area is 218 Å². The van der Waals surface area contributed by atoms with E-state index in [2.05, 4.69) is 4.99 Å². The number of nitrogens with zero attached hydrogens (tertiary/aromatic N) is 4. The zero-order valence-electron chi connectivity index (χ0n) is 20.5. The molecular formula is C27H26N4O5S. The van der Waals surface area contributed by atoms with Gasteiger partial charge in [-0.15, -0.1) is 0 Å². The highest BCUT2D eigenvalue weighted by Gasteiger charge is 2.31. The van der Waals surface area contributed by atoms with Crippen LogP contribution in [0.15, 0.2) is 58.6 Å². The largest absolute Gasteiger partial charge is 0.478 e. The maximum Gasteiger partial charge on any atom is 0.335 e. The van der Waals surface area contributed by atoms with Crippen molar-refractivity contribution in [2.75, 3.05) is 33.4 Å². The third-order valence-corrected chi connectivity index (χ3v) is 7.51. The standard InChI is InChI=1S/C27H26N4O5S/c1-17-7-8-18(26(34)35)13-21(17)28-27-29(2)25(33)23(37-27)14-19-15-31(22-6-4-3-5-20(19)22)16-24(32)30-9-11-36-12-10-30/h3-8,13-15H,9-12,16H2,1-2H3,(H,34,35)/b23-14-,28-27?. The quantitative estimate of drug-likeness (QED) is 0.516. The molecule has 2 saturated heterocycles. The molecule has 0 unspecified atom stereocenters. The minimum Gasteiger partial charge on any atom is -0.478 e. The minimum absolute atomic E-state index is 0.0303. The van der Waals surface area contributed by atoms with Gasteiger partial charge in [-0.25, -0.2) is 9.79 Å². The molecule has 0 saturated carbocycles. The average Bonchev–Trinajstić information content (AvgIpc) is 3.37. The summed E-state index contributed by atoms with van der Waals surface area (Å²) in [6.07, 6.45) is 3.73. The number of benzene rings is 2. The van der Waals surface area contributed by atoms with Crippen LogP contribution < -0.4 is 0 Å². The first-order chi connectivity index (χ1) is 17.8. The number of carboxylic acid groups (broad SMARTS) is 1. The van der Waals surface area contributed by atoms with Gasteiger partial charge in [0, 0.05) is 42.8 Å². The number of aliphatic imine (C=N–C) groups is 1. The highest BCUT2D eigenvalue weighted by Crippen LogP contribution is 2.35. The van der Waals surface area contributed by atoms with E-state index in [9.17, 15) is 19.5 Å². The molecule has 0 radical (unpaired) electrons.